The van der Waals surface area contributed by atoms with Gasteiger partial charge in [-0.1, -0.05) is 188 Å². The lowest BCUT2D eigenvalue weighted by Crippen LogP contribution is -2.28. The maximum atomic E-state index is 7.10. The quantitative estimate of drug-likeness (QED) is 0.160. The molecule has 10 aromatic carbocycles. The smallest absolute Gasteiger partial charge is 0.144 e. The first-order valence-electron chi connectivity index (χ1n) is 21.9. The van der Waals surface area contributed by atoms with Crippen molar-refractivity contribution in [2.75, 3.05) is 4.90 Å². The van der Waals surface area contributed by atoms with Gasteiger partial charge in [0.2, 0.25) is 0 Å². The molecule has 0 radical (unpaired) electrons. The number of benzene rings is 10. The second-order valence-electron chi connectivity index (χ2n) is 16.7. The van der Waals surface area contributed by atoms with E-state index >= 15 is 0 Å². The molecule has 0 spiro atoms. The zero-order valence-electron chi connectivity index (χ0n) is 34.8. The number of anilines is 3. The molecule has 300 valence electrons. The number of rotatable bonds is 7. The fraction of sp³-hybridized carbons (Fsp3) is 0.0164. The summed E-state index contributed by atoms with van der Waals surface area (Å²) in [6.07, 6.45) is 0. The molecule has 13 rings (SSSR count). The van der Waals surface area contributed by atoms with Gasteiger partial charge in [-0.05, 0) is 98.6 Å². The lowest BCUT2D eigenvalue weighted by atomic mass is 9.67. The van der Waals surface area contributed by atoms with Gasteiger partial charge in [-0.15, -0.1) is 0 Å². The minimum Gasteiger partial charge on any atom is -0.456 e. The molecule has 0 saturated carbocycles. The van der Waals surface area contributed by atoms with Crippen molar-refractivity contribution in [1.82, 2.24) is 0 Å². The maximum absolute atomic E-state index is 7.10. The van der Waals surface area contributed by atoms with Crippen molar-refractivity contribution >= 4 is 60.9 Å². The van der Waals surface area contributed by atoms with Gasteiger partial charge in [0.15, 0.2) is 0 Å². The summed E-state index contributed by atoms with van der Waals surface area (Å²) in [5.74, 6) is 0. The summed E-state index contributed by atoms with van der Waals surface area (Å²) in [5, 5.41) is 4.14. The molecule has 0 aliphatic heterocycles. The molecular formula is C61H39NO2. The number of hydrogen-bond acceptors (Lipinski definition) is 3. The predicted octanol–water partition coefficient (Wildman–Crippen LogP) is 16.7. The van der Waals surface area contributed by atoms with E-state index in [2.05, 4.69) is 229 Å². The van der Waals surface area contributed by atoms with Crippen molar-refractivity contribution in [3.8, 4) is 33.4 Å². The van der Waals surface area contributed by atoms with Crippen LogP contribution in [0.2, 0.25) is 0 Å². The average Bonchev–Trinajstić information content (AvgIpc) is 4.03. The highest BCUT2D eigenvalue weighted by Gasteiger charge is 2.46. The highest BCUT2D eigenvalue weighted by atomic mass is 16.3. The first-order chi connectivity index (χ1) is 31.8. The molecular weight excluding hydrogens is 779 g/mol. The molecule has 0 atom stereocenters. The molecule has 0 fully saturated rings. The zero-order valence-corrected chi connectivity index (χ0v) is 34.8. The Morgan fingerprint density at radius 3 is 1.66 bits per heavy atom. The largest absolute Gasteiger partial charge is 0.456 e. The monoisotopic (exact) mass is 817 g/mol. The molecule has 0 saturated heterocycles. The summed E-state index contributed by atoms with van der Waals surface area (Å²) in [6.45, 7) is 0. The van der Waals surface area contributed by atoms with Crippen molar-refractivity contribution in [3.05, 3.63) is 259 Å². The van der Waals surface area contributed by atoms with E-state index in [0.29, 0.717) is 0 Å². The van der Waals surface area contributed by atoms with Crippen LogP contribution in [-0.2, 0) is 5.41 Å². The molecule has 2 aromatic heterocycles. The zero-order chi connectivity index (χ0) is 42.2. The van der Waals surface area contributed by atoms with Gasteiger partial charge < -0.3 is 13.7 Å². The number of hydrogen-bond donors (Lipinski definition) is 0. The van der Waals surface area contributed by atoms with Crippen molar-refractivity contribution in [2.24, 2.45) is 0 Å². The highest BCUT2D eigenvalue weighted by molar-refractivity contribution is 6.25. The van der Waals surface area contributed by atoms with E-state index in [1.54, 1.807) is 0 Å². The van der Waals surface area contributed by atoms with Crippen molar-refractivity contribution in [3.63, 3.8) is 0 Å². The van der Waals surface area contributed by atoms with Gasteiger partial charge in [-0.2, -0.15) is 0 Å². The fourth-order valence-electron chi connectivity index (χ4n) is 10.6. The second kappa shape index (κ2) is 14.3. The Morgan fingerprint density at radius 1 is 0.344 bits per heavy atom. The van der Waals surface area contributed by atoms with Gasteiger partial charge in [0.05, 0.1) is 16.5 Å². The summed E-state index contributed by atoms with van der Waals surface area (Å²) < 4.78 is 13.8. The molecule has 1 aliphatic rings. The fourth-order valence-corrected chi connectivity index (χ4v) is 10.6. The van der Waals surface area contributed by atoms with E-state index in [9.17, 15) is 0 Å². The summed E-state index contributed by atoms with van der Waals surface area (Å²) in [6, 6.07) is 85.1. The van der Waals surface area contributed by atoms with Gasteiger partial charge in [-0.25, -0.2) is 0 Å². The predicted molar refractivity (Wildman–Crippen MR) is 264 cm³/mol. The van der Waals surface area contributed by atoms with E-state index in [4.69, 9.17) is 8.83 Å². The van der Waals surface area contributed by atoms with Crippen molar-refractivity contribution in [1.29, 1.82) is 0 Å². The van der Waals surface area contributed by atoms with E-state index in [0.717, 1.165) is 77.6 Å². The molecule has 3 heteroatoms. The van der Waals surface area contributed by atoms with Crippen LogP contribution >= 0.6 is 0 Å². The molecule has 64 heavy (non-hydrogen) atoms. The summed E-state index contributed by atoms with van der Waals surface area (Å²) in [5.41, 5.74) is 17.8. The Balaban J connectivity index is 1.11. The topological polar surface area (TPSA) is 29.5 Å². The van der Waals surface area contributed by atoms with Crippen molar-refractivity contribution in [2.45, 2.75) is 5.41 Å². The highest BCUT2D eigenvalue weighted by Crippen LogP contribution is 2.58. The van der Waals surface area contributed by atoms with Crippen LogP contribution in [0.25, 0.3) is 77.3 Å². The Bertz CT molecular complexity index is 3660. The van der Waals surface area contributed by atoms with E-state index in [1.807, 2.05) is 12.1 Å². The van der Waals surface area contributed by atoms with Crippen molar-refractivity contribution < 1.29 is 8.83 Å². The van der Waals surface area contributed by atoms with Gasteiger partial charge in [0.25, 0.3) is 0 Å². The van der Waals surface area contributed by atoms with Crippen LogP contribution in [0.5, 0.6) is 0 Å². The molecule has 12 aromatic rings. The third-order valence-corrected chi connectivity index (χ3v) is 13.3. The van der Waals surface area contributed by atoms with Crippen LogP contribution in [0.15, 0.2) is 245 Å². The lowest BCUT2D eigenvalue weighted by Gasteiger charge is -2.35. The Kier molecular flexibility index (Phi) is 8.13. The minimum atomic E-state index is -0.556. The molecule has 1 aliphatic carbocycles. The van der Waals surface area contributed by atoms with Crippen LogP contribution in [0.1, 0.15) is 22.3 Å². The van der Waals surface area contributed by atoms with Crippen LogP contribution in [0.3, 0.4) is 0 Å². The van der Waals surface area contributed by atoms with Crippen LogP contribution in [0.4, 0.5) is 17.1 Å². The summed E-state index contributed by atoms with van der Waals surface area (Å²) in [4.78, 5) is 2.42. The standard InChI is InChI=1S/C61H39NO2/c1-5-18-40(19-6-1)41-32-34-45(35-33-41)62(46-36-37-48-47-26-13-15-28-51(47)61(52(48)38-46,43-22-9-3-10-23-43)44-24-11-4-12-25-44)53-29-17-31-55-58(53)50-39-56-59(49-27-14-16-30-54(49)63-56)57(60(50)64-55)42-20-7-2-8-21-42/h1-39H. The van der Waals surface area contributed by atoms with Gasteiger partial charge in [0, 0.05) is 33.1 Å². The van der Waals surface area contributed by atoms with Gasteiger partial charge in [0.1, 0.15) is 22.3 Å². The third kappa shape index (κ3) is 5.34. The third-order valence-electron chi connectivity index (χ3n) is 13.3. The second-order valence-corrected chi connectivity index (χ2v) is 16.7. The first kappa shape index (κ1) is 36.3. The van der Waals surface area contributed by atoms with Crippen LogP contribution < -0.4 is 4.90 Å². The number of furan rings is 2. The Hall–Kier alpha value is -8.40. The normalized spacial score (nSPS) is 12.8. The van der Waals surface area contributed by atoms with E-state index < -0.39 is 5.41 Å². The lowest BCUT2D eigenvalue weighted by molar-refractivity contribution is 0.664. The molecule has 3 nitrogen and oxygen atoms in total. The van der Waals surface area contributed by atoms with Gasteiger partial charge in [-0.3, -0.25) is 0 Å². The number of nitrogens with zero attached hydrogens (tertiary/aromatic N) is 1. The Labute approximate surface area is 370 Å². The Morgan fingerprint density at radius 2 is 0.922 bits per heavy atom. The molecule has 2 heterocycles. The average molecular weight is 818 g/mol. The first-order valence-corrected chi connectivity index (χ1v) is 21.9. The van der Waals surface area contributed by atoms with Crippen LogP contribution in [-0.4, -0.2) is 0 Å². The van der Waals surface area contributed by atoms with Crippen LogP contribution in [0, 0.1) is 0 Å². The van der Waals surface area contributed by atoms with E-state index in [-0.39, 0.29) is 0 Å². The SMILES string of the molecule is c1ccc(-c2ccc(N(c3ccc4c(c3)C(c3ccccc3)(c3ccccc3)c3ccccc3-4)c3cccc4oc5c(-c6ccccc6)c6c(cc5c34)oc3ccccc36)cc2)cc1. The number of fused-ring (bicyclic) bond motifs is 9. The molecule has 0 bridgehead atoms. The minimum absolute atomic E-state index is 0.556. The summed E-state index contributed by atoms with van der Waals surface area (Å²) >= 11 is 0. The summed E-state index contributed by atoms with van der Waals surface area (Å²) in [7, 11) is 0. The molecule has 0 N–H and O–H groups in total. The van der Waals surface area contributed by atoms with E-state index in [1.165, 1.54) is 38.9 Å². The maximum Gasteiger partial charge on any atom is 0.144 e. The molecule has 0 amide bonds. The molecule has 0 unspecified atom stereocenters. The number of para-hydroxylation sites is 1. The van der Waals surface area contributed by atoms with Gasteiger partial charge >= 0.3 is 0 Å².